The summed E-state index contributed by atoms with van der Waals surface area (Å²) in [6, 6.07) is 12.1. The van der Waals surface area contributed by atoms with Gasteiger partial charge >= 0.3 is 0 Å². The van der Waals surface area contributed by atoms with Crippen molar-refractivity contribution in [2.45, 2.75) is 25.8 Å². The molecule has 0 spiro atoms. The van der Waals surface area contributed by atoms with Crippen LogP contribution in [0.1, 0.15) is 30.0 Å². The van der Waals surface area contributed by atoms with E-state index < -0.39 is 0 Å². The van der Waals surface area contributed by atoms with Crippen LogP contribution in [0.4, 0.5) is 0 Å². The molecule has 1 aliphatic rings. The fraction of sp³-hybridized carbons (Fsp3) is 0.250. The van der Waals surface area contributed by atoms with Gasteiger partial charge in [0.1, 0.15) is 11.6 Å². The summed E-state index contributed by atoms with van der Waals surface area (Å²) in [5, 5.41) is 9.29. The van der Waals surface area contributed by atoms with E-state index in [1.165, 1.54) is 0 Å². The Morgan fingerprint density at radius 2 is 2.11 bits per heavy atom. The molecule has 19 heavy (non-hydrogen) atoms. The number of hydrogen-bond donors (Lipinski definition) is 0. The lowest BCUT2D eigenvalue weighted by Crippen LogP contribution is -2.21. The van der Waals surface area contributed by atoms with Crippen LogP contribution in [0.5, 0.6) is 0 Å². The normalized spacial score (nSPS) is 14.1. The van der Waals surface area contributed by atoms with Crippen molar-refractivity contribution in [3.8, 4) is 17.2 Å². The lowest BCUT2D eigenvalue weighted by atomic mass is 10.0. The van der Waals surface area contributed by atoms with Gasteiger partial charge in [0.25, 0.3) is 5.56 Å². The molecule has 3 heteroatoms. The van der Waals surface area contributed by atoms with Crippen molar-refractivity contribution in [2.24, 2.45) is 0 Å². The molecule has 2 aromatic rings. The first-order valence-corrected chi connectivity index (χ1v) is 6.43. The van der Waals surface area contributed by atoms with Gasteiger partial charge in [0.15, 0.2) is 0 Å². The average molecular weight is 250 g/mol. The van der Waals surface area contributed by atoms with E-state index in [4.69, 9.17) is 0 Å². The Balaban J connectivity index is 2.20. The molecule has 1 aromatic heterocycles. The monoisotopic (exact) mass is 250 g/mol. The highest BCUT2D eigenvalue weighted by molar-refractivity contribution is 5.70. The maximum absolute atomic E-state index is 12.3. The molecule has 1 fully saturated rings. The van der Waals surface area contributed by atoms with Crippen molar-refractivity contribution in [1.82, 2.24) is 4.57 Å². The smallest absolute Gasteiger partial charge is 0.269 e. The third-order valence-corrected chi connectivity index (χ3v) is 3.50. The van der Waals surface area contributed by atoms with Gasteiger partial charge in [-0.3, -0.25) is 4.79 Å². The van der Waals surface area contributed by atoms with Crippen LogP contribution in [-0.2, 0) is 0 Å². The van der Waals surface area contributed by atoms with Crippen molar-refractivity contribution in [3.63, 3.8) is 0 Å². The van der Waals surface area contributed by atoms with Crippen LogP contribution < -0.4 is 5.56 Å². The second-order valence-electron chi connectivity index (χ2n) is 5.03. The van der Waals surface area contributed by atoms with E-state index in [-0.39, 0.29) is 11.1 Å². The van der Waals surface area contributed by atoms with E-state index in [1.54, 1.807) is 4.57 Å². The molecular formula is C16H14N2O. The first-order chi connectivity index (χ1) is 9.20. The molecule has 0 unspecified atom stereocenters. The van der Waals surface area contributed by atoms with Gasteiger partial charge in [0.05, 0.1) is 0 Å². The van der Waals surface area contributed by atoms with E-state index in [0.29, 0.717) is 6.04 Å². The quantitative estimate of drug-likeness (QED) is 0.822. The van der Waals surface area contributed by atoms with E-state index in [0.717, 1.165) is 29.5 Å². The number of rotatable bonds is 2. The number of aryl methyl sites for hydroxylation is 1. The topological polar surface area (TPSA) is 45.8 Å². The number of benzene rings is 1. The molecule has 1 saturated carbocycles. The molecule has 0 bridgehead atoms. The van der Waals surface area contributed by atoms with Gasteiger partial charge in [-0.2, -0.15) is 5.26 Å². The number of hydrogen-bond acceptors (Lipinski definition) is 2. The summed E-state index contributed by atoms with van der Waals surface area (Å²) in [4.78, 5) is 12.3. The summed E-state index contributed by atoms with van der Waals surface area (Å²) in [6.45, 7) is 2.00. The summed E-state index contributed by atoms with van der Waals surface area (Å²) in [5.74, 6) is 0. The predicted molar refractivity (Wildman–Crippen MR) is 73.9 cm³/mol. The fourth-order valence-corrected chi connectivity index (χ4v) is 2.35. The molecule has 94 valence electrons. The van der Waals surface area contributed by atoms with Gasteiger partial charge in [-0.15, -0.1) is 0 Å². The standard InChI is InChI=1S/C16H14N2O/c1-11-3-2-4-12(9-11)14-7-8-18(13-5-6-13)16(19)15(14)10-17/h2-4,7-9,13H,5-6H2,1H3. The SMILES string of the molecule is Cc1cccc(-c2ccn(C3CC3)c(=O)c2C#N)c1. The Kier molecular flexibility index (Phi) is 2.72. The summed E-state index contributed by atoms with van der Waals surface area (Å²) in [6.07, 6.45) is 3.89. The highest BCUT2D eigenvalue weighted by Crippen LogP contribution is 2.34. The van der Waals surface area contributed by atoms with Crippen molar-refractivity contribution >= 4 is 0 Å². The highest BCUT2D eigenvalue weighted by Gasteiger charge is 2.26. The number of nitrogens with zero attached hydrogens (tertiary/aromatic N) is 2. The molecule has 1 aromatic carbocycles. The Morgan fingerprint density at radius 1 is 1.32 bits per heavy atom. The van der Waals surface area contributed by atoms with Crippen molar-refractivity contribution < 1.29 is 0 Å². The predicted octanol–water partition coefficient (Wildman–Crippen LogP) is 3.03. The van der Waals surface area contributed by atoms with Crippen molar-refractivity contribution in [3.05, 3.63) is 58.0 Å². The summed E-state index contributed by atoms with van der Waals surface area (Å²) in [5.41, 5.74) is 2.86. The lowest BCUT2D eigenvalue weighted by Gasteiger charge is -2.09. The lowest BCUT2D eigenvalue weighted by molar-refractivity contribution is 0.705. The van der Waals surface area contributed by atoms with Gasteiger partial charge in [0, 0.05) is 17.8 Å². The zero-order valence-corrected chi connectivity index (χ0v) is 10.8. The van der Waals surface area contributed by atoms with Crippen molar-refractivity contribution in [2.75, 3.05) is 0 Å². The second kappa shape index (κ2) is 4.40. The third-order valence-electron chi connectivity index (χ3n) is 3.50. The second-order valence-corrected chi connectivity index (χ2v) is 5.03. The Morgan fingerprint density at radius 3 is 2.74 bits per heavy atom. The van der Waals surface area contributed by atoms with Crippen LogP contribution in [-0.4, -0.2) is 4.57 Å². The Bertz CT molecular complexity index is 733. The van der Waals surface area contributed by atoms with Crippen LogP contribution in [0.15, 0.2) is 41.3 Å². The summed E-state index contributed by atoms with van der Waals surface area (Å²) < 4.78 is 1.69. The average Bonchev–Trinajstić information content (AvgIpc) is 3.22. The van der Waals surface area contributed by atoms with Crippen LogP contribution in [0.25, 0.3) is 11.1 Å². The van der Waals surface area contributed by atoms with E-state index in [2.05, 4.69) is 6.07 Å². The number of pyridine rings is 1. The minimum absolute atomic E-state index is 0.163. The molecule has 1 heterocycles. The molecule has 0 atom stereocenters. The van der Waals surface area contributed by atoms with Gasteiger partial charge < -0.3 is 4.57 Å². The first kappa shape index (κ1) is 11.7. The highest BCUT2D eigenvalue weighted by atomic mass is 16.1. The molecule has 3 rings (SSSR count). The maximum Gasteiger partial charge on any atom is 0.269 e. The minimum Gasteiger partial charge on any atom is -0.311 e. The molecule has 0 radical (unpaired) electrons. The van der Waals surface area contributed by atoms with Gasteiger partial charge in [-0.05, 0) is 31.4 Å². The van der Waals surface area contributed by atoms with Crippen LogP contribution in [0.2, 0.25) is 0 Å². The largest absolute Gasteiger partial charge is 0.311 e. The Hall–Kier alpha value is -2.34. The summed E-state index contributed by atoms with van der Waals surface area (Å²) >= 11 is 0. The fourth-order valence-electron chi connectivity index (χ4n) is 2.35. The van der Waals surface area contributed by atoms with E-state index in [1.807, 2.05) is 43.5 Å². The molecule has 0 saturated heterocycles. The van der Waals surface area contributed by atoms with Crippen LogP contribution in [0, 0.1) is 18.3 Å². The molecule has 0 amide bonds. The van der Waals surface area contributed by atoms with Crippen molar-refractivity contribution in [1.29, 1.82) is 5.26 Å². The van der Waals surface area contributed by atoms with Gasteiger partial charge in [-0.1, -0.05) is 29.8 Å². The van der Waals surface area contributed by atoms with E-state index in [9.17, 15) is 10.1 Å². The third kappa shape index (κ3) is 2.06. The molecule has 0 N–H and O–H groups in total. The maximum atomic E-state index is 12.3. The number of aromatic nitrogens is 1. The van der Waals surface area contributed by atoms with Crippen LogP contribution in [0.3, 0.4) is 0 Å². The molecule has 1 aliphatic carbocycles. The van der Waals surface area contributed by atoms with Gasteiger partial charge in [-0.25, -0.2) is 0 Å². The minimum atomic E-state index is -0.163. The zero-order chi connectivity index (χ0) is 13.4. The number of nitriles is 1. The molecule has 3 nitrogen and oxygen atoms in total. The first-order valence-electron chi connectivity index (χ1n) is 6.43. The van der Waals surface area contributed by atoms with Crippen LogP contribution >= 0.6 is 0 Å². The zero-order valence-electron chi connectivity index (χ0n) is 10.8. The summed E-state index contributed by atoms with van der Waals surface area (Å²) in [7, 11) is 0. The molecular weight excluding hydrogens is 236 g/mol. The molecule has 0 aliphatic heterocycles. The van der Waals surface area contributed by atoms with Gasteiger partial charge in [0.2, 0.25) is 0 Å². The van der Waals surface area contributed by atoms with E-state index >= 15 is 0 Å². The Labute approximate surface area is 111 Å².